The van der Waals surface area contributed by atoms with Crippen molar-refractivity contribution >= 4 is 17.2 Å². The van der Waals surface area contributed by atoms with Crippen molar-refractivity contribution in [2.45, 2.75) is 32.9 Å². The summed E-state index contributed by atoms with van der Waals surface area (Å²) >= 11 is 1.53. The van der Waals surface area contributed by atoms with Gasteiger partial charge >= 0.3 is 0 Å². The fourth-order valence-electron chi connectivity index (χ4n) is 2.84. The Kier molecular flexibility index (Phi) is 6.53. The molecule has 152 valence electrons. The van der Waals surface area contributed by atoms with E-state index in [1.165, 1.54) is 34.2 Å². The van der Waals surface area contributed by atoms with Crippen molar-refractivity contribution in [3.8, 4) is 11.3 Å². The molecule has 0 saturated carbocycles. The van der Waals surface area contributed by atoms with Crippen molar-refractivity contribution in [2.24, 2.45) is 5.92 Å². The lowest BCUT2D eigenvalue weighted by Gasteiger charge is -2.23. The maximum absolute atomic E-state index is 13.5. The van der Waals surface area contributed by atoms with Gasteiger partial charge in [-0.05, 0) is 52.6 Å². The van der Waals surface area contributed by atoms with Crippen molar-refractivity contribution in [3.63, 3.8) is 0 Å². The molecule has 8 heteroatoms. The van der Waals surface area contributed by atoms with Crippen LogP contribution in [0.3, 0.4) is 0 Å². The van der Waals surface area contributed by atoms with E-state index in [4.69, 9.17) is 0 Å². The van der Waals surface area contributed by atoms with Crippen LogP contribution in [0.25, 0.3) is 11.3 Å². The zero-order valence-electron chi connectivity index (χ0n) is 16.1. The van der Waals surface area contributed by atoms with E-state index in [0.717, 1.165) is 17.7 Å². The van der Waals surface area contributed by atoms with Crippen LogP contribution in [0.15, 0.2) is 52.0 Å². The molecular formula is C21H21F2N3O2S. The first-order valence-corrected chi connectivity index (χ1v) is 10.1. The summed E-state index contributed by atoms with van der Waals surface area (Å²) in [6.45, 7) is 4.06. The van der Waals surface area contributed by atoms with Gasteiger partial charge in [0.2, 0.25) is 5.91 Å². The van der Waals surface area contributed by atoms with E-state index >= 15 is 0 Å². The first-order chi connectivity index (χ1) is 13.8. The van der Waals surface area contributed by atoms with Crippen molar-refractivity contribution in [1.82, 2.24) is 15.1 Å². The van der Waals surface area contributed by atoms with Gasteiger partial charge in [-0.2, -0.15) is 16.4 Å². The summed E-state index contributed by atoms with van der Waals surface area (Å²) in [5.74, 6) is -2.01. The zero-order chi connectivity index (χ0) is 21.0. The van der Waals surface area contributed by atoms with Crippen molar-refractivity contribution < 1.29 is 13.6 Å². The average molecular weight is 417 g/mol. The number of hydrogen-bond donors (Lipinski definition) is 1. The number of benzene rings is 1. The fraction of sp³-hybridized carbons (Fsp3) is 0.286. The fourth-order valence-corrected chi connectivity index (χ4v) is 3.50. The van der Waals surface area contributed by atoms with Crippen LogP contribution in [0.1, 0.15) is 19.4 Å². The topological polar surface area (TPSA) is 64.0 Å². The maximum Gasteiger partial charge on any atom is 0.266 e. The van der Waals surface area contributed by atoms with Gasteiger partial charge in [0, 0.05) is 11.6 Å². The number of nitrogens with one attached hydrogen (secondary N) is 1. The van der Waals surface area contributed by atoms with Gasteiger partial charge in [0.15, 0.2) is 11.6 Å². The summed E-state index contributed by atoms with van der Waals surface area (Å²) in [6.07, 6.45) is 0.268. The highest BCUT2D eigenvalue weighted by Gasteiger charge is 2.19. The summed E-state index contributed by atoms with van der Waals surface area (Å²) in [4.78, 5) is 24.6. The molecule has 1 aromatic carbocycles. The molecule has 0 aliphatic heterocycles. The minimum atomic E-state index is -0.984. The van der Waals surface area contributed by atoms with Crippen LogP contribution < -0.4 is 10.9 Å². The predicted molar refractivity (Wildman–Crippen MR) is 109 cm³/mol. The number of aromatic nitrogens is 2. The van der Waals surface area contributed by atoms with Gasteiger partial charge in [-0.1, -0.05) is 13.8 Å². The van der Waals surface area contributed by atoms with Gasteiger partial charge in [0.1, 0.15) is 0 Å². The Labute approximate surface area is 171 Å². The Bertz CT molecular complexity index is 1050. The van der Waals surface area contributed by atoms with Crippen LogP contribution >= 0.6 is 11.3 Å². The summed E-state index contributed by atoms with van der Waals surface area (Å²) in [7, 11) is 0. The second-order valence-electron chi connectivity index (χ2n) is 7.09. The summed E-state index contributed by atoms with van der Waals surface area (Å²) in [5.41, 5.74) is 1.30. The SMILES string of the molecule is CC(C)[C@@H](Cn1nc(-c2ccc(F)c(F)c2)ccc1=O)NC(=O)Cc1ccsc1. The molecule has 1 amide bonds. The number of carbonyl (C=O) groups excluding carboxylic acids is 1. The minimum Gasteiger partial charge on any atom is -0.351 e. The molecule has 3 aromatic rings. The molecule has 2 aromatic heterocycles. The number of amides is 1. The van der Waals surface area contributed by atoms with E-state index in [1.54, 1.807) is 0 Å². The Morgan fingerprint density at radius 3 is 2.62 bits per heavy atom. The number of carbonyl (C=O) groups is 1. The molecule has 0 fully saturated rings. The highest BCUT2D eigenvalue weighted by atomic mass is 32.1. The van der Waals surface area contributed by atoms with Crippen LogP contribution in [0, 0.1) is 17.6 Å². The smallest absolute Gasteiger partial charge is 0.266 e. The lowest BCUT2D eigenvalue weighted by atomic mass is 10.0. The molecule has 0 aliphatic rings. The number of nitrogens with zero attached hydrogens (tertiary/aromatic N) is 2. The summed E-state index contributed by atoms with van der Waals surface area (Å²) in [5, 5.41) is 11.1. The van der Waals surface area contributed by atoms with E-state index in [2.05, 4.69) is 10.4 Å². The van der Waals surface area contributed by atoms with E-state index in [-0.39, 0.29) is 36.4 Å². The van der Waals surface area contributed by atoms with Crippen molar-refractivity contribution in [2.75, 3.05) is 0 Å². The molecule has 5 nitrogen and oxygen atoms in total. The summed E-state index contributed by atoms with van der Waals surface area (Å²) in [6, 6.07) is 7.83. The van der Waals surface area contributed by atoms with Crippen LogP contribution in [0.5, 0.6) is 0 Å². The van der Waals surface area contributed by atoms with Crippen LogP contribution in [-0.4, -0.2) is 21.7 Å². The van der Waals surface area contributed by atoms with E-state index in [9.17, 15) is 18.4 Å². The Morgan fingerprint density at radius 2 is 1.97 bits per heavy atom. The second-order valence-corrected chi connectivity index (χ2v) is 7.87. The molecule has 0 bridgehead atoms. The van der Waals surface area contributed by atoms with Gasteiger partial charge in [-0.25, -0.2) is 13.5 Å². The molecule has 2 heterocycles. The zero-order valence-corrected chi connectivity index (χ0v) is 16.9. The normalized spacial score (nSPS) is 12.2. The minimum absolute atomic E-state index is 0.0575. The van der Waals surface area contributed by atoms with Gasteiger partial charge in [-0.3, -0.25) is 9.59 Å². The molecule has 0 radical (unpaired) electrons. The maximum atomic E-state index is 13.5. The molecular weight excluding hydrogens is 396 g/mol. The molecule has 0 aliphatic carbocycles. The monoisotopic (exact) mass is 417 g/mol. The third kappa shape index (κ3) is 5.35. The highest BCUT2D eigenvalue weighted by Crippen LogP contribution is 2.18. The number of hydrogen-bond acceptors (Lipinski definition) is 4. The van der Waals surface area contributed by atoms with Crippen LogP contribution in [0.2, 0.25) is 0 Å². The Morgan fingerprint density at radius 1 is 1.17 bits per heavy atom. The third-order valence-electron chi connectivity index (χ3n) is 4.55. The first-order valence-electron chi connectivity index (χ1n) is 9.17. The number of halogens is 2. The van der Waals surface area contributed by atoms with Crippen molar-refractivity contribution in [1.29, 1.82) is 0 Å². The van der Waals surface area contributed by atoms with E-state index in [1.807, 2.05) is 30.7 Å². The number of thiophene rings is 1. The highest BCUT2D eigenvalue weighted by molar-refractivity contribution is 7.08. The van der Waals surface area contributed by atoms with E-state index < -0.39 is 11.6 Å². The van der Waals surface area contributed by atoms with Gasteiger partial charge in [0.25, 0.3) is 5.56 Å². The van der Waals surface area contributed by atoms with Gasteiger partial charge < -0.3 is 5.32 Å². The van der Waals surface area contributed by atoms with Gasteiger partial charge in [0.05, 0.1) is 24.7 Å². The number of rotatable bonds is 7. The standard InChI is InChI=1S/C21H21F2N3O2S/c1-13(2)19(24-20(27)9-14-7-8-29-12-14)11-26-21(28)6-5-18(25-26)15-3-4-16(22)17(23)10-15/h3-8,10,12-13,19H,9,11H2,1-2H3,(H,24,27)/t19-/m1/s1. The molecule has 3 rings (SSSR count). The second kappa shape index (κ2) is 9.09. The third-order valence-corrected chi connectivity index (χ3v) is 5.28. The van der Waals surface area contributed by atoms with Crippen molar-refractivity contribution in [3.05, 3.63) is 74.7 Å². The molecule has 1 atom stereocenters. The molecule has 1 N–H and O–H groups in total. The predicted octanol–water partition coefficient (Wildman–Crippen LogP) is 3.63. The lowest BCUT2D eigenvalue weighted by Crippen LogP contribution is -2.44. The quantitative estimate of drug-likeness (QED) is 0.639. The lowest BCUT2D eigenvalue weighted by molar-refractivity contribution is -0.121. The molecule has 29 heavy (non-hydrogen) atoms. The van der Waals surface area contributed by atoms with Crippen LogP contribution in [0.4, 0.5) is 8.78 Å². The average Bonchev–Trinajstić information content (AvgIpc) is 3.18. The summed E-state index contributed by atoms with van der Waals surface area (Å²) < 4.78 is 28.0. The van der Waals surface area contributed by atoms with Gasteiger partial charge in [-0.15, -0.1) is 0 Å². The first kappa shape index (κ1) is 20.9. The molecule has 0 saturated heterocycles. The molecule has 0 unspecified atom stereocenters. The largest absolute Gasteiger partial charge is 0.351 e. The van der Waals surface area contributed by atoms with Crippen LogP contribution in [-0.2, 0) is 17.8 Å². The Hall–Kier alpha value is -2.87. The van der Waals surface area contributed by atoms with E-state index in [0.29, 0.717) is 11.3 Å². The Balaban J connectivity index is 1.79. The molecule has 0 spiro atoms.